The van der Waals surface area contributed by atoms with Gasteiger partial charge in [-0.05, 0) is 83.4 Å². The molecule has 3 N–H and O–H groups in total. The first-order valence-electron chi connectivity index (χ1n) is 17.1. The SMILES string of the molecule is CC(C)(C)c1cc(Cc2cc(C(C)(C)C)cc(C(C)(C)C)c2)cc(C(C)(C)C)c1.CC(C)(C)c1cccc(C(C)(C)C)c1.OP(O)O. The minimum absolute atomic E-state index is 0.153. The van der Waals surface area contributed by atoms with Gasteiger partial charge in [0.15, 0.2) is 0 Å². The third-order valence-electron chi connectivity index (χ3n) is 8.45. The second-order valence-corrected chi connectivity index (χ2v) is 19.9. The van der Waals surface area contributed by atoms with Crippen LogP contribution in [0.3, 0.4) is 0 Å². The molecule has 0 aromatic heterocycles. The van der Waals surface area contributed by atoms with E-state index >= 15 is 0 Å². The molecule has 3 nitrogen and oxygen atoms in total. The summed E-state index contributed by atoms with van der Waals surface area (Å²) in [6.45, 7) is 41.3. The van der Waals surface area contributed by atoms with Crippen molar-refractivity contribution in [2.45, 2.75) is 164 Å². The molecule has 0 saturated carbocycles. The first-order valence-corrected chi connectivity index (χ1v) is 18.3. The summed E-state index contributed by atoms with van der Waals surface area (Å²) < 4.78 is 0. The van der Waals surface area contributed by atoms with Gasteiger partial charge in [0, 0.05) is 0 Å². The maximum absolute atomic E-state index is 7.23. The Morgan fingerprint density at radius 2 is 0.553 bits per heavy atom. The van der Waals surface area contributed by atoms with Crippen LogP contribution in [0.2, 0.25) is 0 Å². The van der Waals surface area contributed by atoms with Crippen LogP contribution in [0, 0.1) is 0 Å². The zero-order chi connectivity index (χ0) is 37.0. The third-order valence-corrected chi connectivity index (χ3v) is 8.45. The minimum atomic E-state index is -2.62. The molecule has 0 aliphatic heterocycles. The molecule has 0 aliphatic carbocycles. The Morgan fingerprint density at radius 3 is 0.745 bits per heavy atom. The molecule has 0 atom stereocenters. The van der Waals surface area contributed by atoms with Crippen molar-refractivity contribution in [3.63, 3.8) is 0 Å². The zero-order valence-corrected chi connectivity index (χ0v) is 34.2. The zero-order valence-electron chi connectivity index (χ0n) is 33.3. The highest BCUT2D eigenvalue weighted by Crippen LogP contribution is 2.34. The van der Waals surface area contributed by atoms with Gasteiger partial charge in [0.2, 0.25) is 0 Å². The highest BCUT2D eigenvalue weighted by atomic mass is 31.2. The first-order chi connectivity index (χ1) is 20.8. The molecule has 0 unspecified atom stereocenters. The molecule has 264 valence electrons. The van der Waals surface area contributed by atoms with Crippen LogP contribution in [0.15, 0.2) is 60.7 Å². The summed E-state index contributed by atoms with van der Waals surface area (Å²) >= 11 is 0. The molecule has 4 heteroatoms. The van der Waals surface area contributed by atoms with Crippen molar-refractivity contribution in [1.29, 1.82) is 0 Å². The van der Waals surface area contributed by atoms with Crippen molar-refractivity contribution in [1.82, 2.24) is 0 Å². The Kier molecular flexibility index (Phi) is 14.3. The lowest BCUT2D eigenvalue weighted by Crippen LogP contribution is -2.18. The van der Waals surface area contributed by atoms with Gasteiger partial charge in [0.1, 0.15) is 0 Å². The largest absolute Gasteiger partial charge is 0.328 e. The molecule has 0 radical (unpaired) electrons. The smallest absolute Gasteiger partial charge is 0.324 e. The van der Waals surface area contributed by atoms with Crippen LogP contribution in [-0.2, 0) is 38.9 Å². The predicted molar refractivity (Wildman–Crippen MR) is 208 cm³/mol. The van der Waals surface area contributed by atoms with Crippen molar-refractivity contribution < 1.29 is 14.7 Å². The van der Waals surface area contributed by atoms with Crippen LogP contribution in [-0.4, -0.2) is 14.7 Å². The maximum Gasteiger partial charge on any atom is 0.324 e. The van der Waals surface area contributed by atoms with Crippen molar-refractivity contribution in [3.8, 4) is 0 Å². The predicted octanol–water partition coefficient (Wildman–Crippen LogP) is 11.9. The van der Waals surface area contributed by atoms with Gasteiger partial charge in [-0.1, -0.05) is 185 Å². The van der Waals surface area contributed by atoms with Crippen LogP contribution in [0.5, 0.6) is 0 Å². The lowest BCUT2D eigenvalue weighted by Gasteiger charge is -2.27. The summed E-state index contributed by atoms with van der Waals surface area (Å²) in [6.07, 6.45) is 0.986. The fraction of sp³-hybridized carbons (Fsp3) is 0.581. The van der Waals surface area contributed by atoms with Crippen LogP contribution in [0.1, 0.15) is 169 Å². The molecule has 3 aromatic carbocycles. The highest BCUT2D eigenvalue weighted by Gasteiger charge is 2.23. The van der Waals surface area contributed by atoms with E-state index in [1.807, 2.05) is 0 Å². The number of benzene rings is 3. The Bertz CT molecular complexity index is 1250. The van der Waals surface area contributed by atoms with Gasteiger partial charge in [-0.15, -0.1) is 0 Å². The first kappa shape index (κ1) is 43.0. The Hall–Kier alpha value is -2.03. The van der Waals surface area contributed by atoms with Crippen molar-refractivity contribution in [3.05, 3.63) is 105 Å². The standard InChI is InChI=1S/C29H44.C14H22.H3O3P/c1-26(2,3)22-14-20(15-23(18-22)27(4,5)6)13-21-16-24(28(7,8)9)19-25(17-21)29(10,11)12;1-13(2,3)11-8-7-9-12(10-11)14(4,5)6;1-4(2)3/h14-19H,13H2,1-12H3;7-10H,1-6H3;1-3H. The summed E-state index contributed by atoms with van der Waals surface area (Å²) in [4.78, 5) is 21.7. The summed E-state index contributed by atoms with van der Waals surface area (Å²) in [5.74, 6) is 0. The molecule has 0 aliphatic rings. The average Bonchev–Trinajstić information content (AvgIpc) is 2.85. The second-order valence-electron chi connectivity index (χ2n) is 19.4. The van der Waals surface area contributed by atoms with Gasteiger partial charge >= 0.3 is 8.60 Å². The Labute approximate surface area is 291 Å². The van der Waals surface area contributed by atoms with E-state index in [1.165, 1.54) is 44.5 Å². The minimum Gasteiger partial charge on any atom is -0.328 e. The van der Waals surface area contributed by atoms with E-state index < -0.39 is 8.60 Å². The van der Waals surface area contributed by atoms with Crippen molar-refractivity contribution in [2.24, 2.45) is 0 Å². The molecule has 3 aromatic rings. The third kappa shape index (κ3) is 15.0. The molecular formula is C43H69O3P. The molecule has 0 fully saturated rings. The molecule has 3 rings (SSSR count). The molecular weight excluding hydrogens is 595 g/mol. The molecule has 0 bridgehead atoms. The van der Waals surface area contributed by atoms with Gasteiger partial charge in [-0.25, -0.2) is 0 Å². The number of hydrogen-bond donors (Lipinski definition) is 3. The van der Waals surface area contributed by atoms with Crippen molar-refractivity contribution >= 4 is 8.60 Å². The van der Waals surface area contributed by atoms with E-state index in [-0.39, 0.29) is 32.5 Å². The highest BCUT2D eigenvalue weighted by molar-refractivity contribution is 7.38. The summed E-state index contributed by atoms with van der Waals surface area (Å²) in [5.41, 5.74) is 12.5. The van der Waals surface area contributed by atoms with E-state index in [4.69, 9.17) is 14.7 Å². The fourth-order valence-electron chi connectivity index (χ4n) is 5.01. The van der Waals surface area contributed by atoms with Crippen LogP contribution in [0.4, 0.5) is 0 Å². The normalized spacial score (nSPS) is 13.1. The van der Waals surface area contributed by atoms with E-state index in [9.17, 15) is 0 Å². The maximum atomic E-state index is 7.23. The van der Waals surface area contributed by atoms with Gasteiger partial charge in [-0.2, -0.15) is 0 Å². The number of hydrogen-bond acceptors (Lipinski definition) is 3. The van der Waals surface area contributed by atoms with Crippen LogP contribution in [0.25, 0.3) is 0 Å². The van der Waals surface area contributed by atoms with E-state index in [0.29, 0.717) is 0 Å². The van der Waals surface area contributed by atoms with Gasteiger partial charge in [0.05, 0.1) is 0 Å². The van der Waals surface area contributed by atoms with E-state index in [1.54, 1.807) is 0 Å². The van der Waals surface area contributed by atoms with Crippen LogP contribution >= 0.6 is 8.60 Å². The Morgan fingerprint density at radius 1 is 0.362 bits per heavy atom. The topological polar surface area (TPSA) is 60.7 Å². The summed E-state index contributed by atoms with van der Waals surface area (Å²) in [7, 11) is -2.62. The molecule has 47 heavy (non-hydrogen) atoms. The van der Waals surface area contributed by atoms with Gasteiger partial charge in [0.25, 0.3) is 0 Å². The van der Waals surface area contributed by atoms with Gasteiger partial charge < -0.3 is 14.7 Å². The van der Waals surface area contributed by atoms with Crippen LogP contribution < -0.4 is 0 Å². The molecule has 0 heterocycles. The monoisotopic (exact) mass is 664 g/mol. The van der Waals surface area contributed by atoms with E-state index in [0.717, 1.165) is 6.42 Å². The summed E-state index contributed by atoms with van der Waals surface area (Å²) in [6, 6.07) is 23.5. The fourth-order valence-corrected chi connectivity index (χ4v) is 5.01. The molecule has 0 spiro atoms. The molecule has 0 saturated heterocycles. The van der Waals surface area contributed by atoms with E-state index in [2.05, 4.69) is 185 Å². The molecule has 0 amide bonds. The van der Waals surface area contributed by atoms with Gasteiger partial charge in [-0.3, -0.25) is 0 Å². The quantitative estimate of drug-likeness (QED) is 0.239. The summed E-state index contributed by atoms with van der Waals surface area (Å²) in [5, 5.41) is 0. The Balaban J connectivity index is 0.000000508. The van der Waals surface area contributed by atoms with Crippen molar-refractivity contribution in [2.75, 3.05) is 0 Å². The second kappa shape index (κ2) is 15.7. The average molecular weight is 665 g/mol. The number of rotatable bonds is 2. The lowest BCUT2D eigenvalue weighted by molar-refractivity contribution is 0.368. The lowest BCUT2D eigenvalue weighted by atomic mass is 9.77.